The van der Waals surface area contributed by atoms with Crippen molar-refractivity contribution in [3.8, 4) is 6.07 Å². The minimum absolute atomic E-state index is 0.246. The Labute approximate surface area is 83.3 Å². The summed E-state index contributed by atoms with van der Waals surface area (Å²) in [5, 5.41) is 19.3. The molecule has 4 nitrogen and oxygen atoms in total. The Bertz CT molecular complexity index is 353. The predicted octanol–water partition coefficient (Wildman–Crippen LogP) is 1.72. The van der Waals surface area contributed by atoms with Gasteiger partial charge < -0.3 is 5.32 Å². The first kappa shape index (κ1) is 10.2. The number of rotatable bonds is 4. The molecule has 0 saturated carbocycles. The van der Waals surface area contributed by atoms with Crippen LogP contribution in [0.25, 0.3) is 0 Å². The van der Waals surface area contributed by atoms with E-state index in [0.717, 1.165) is 6.42 Å². The quantitative estimate of drug-likeness (QED) is 0.731. The maximum absolute atomic E-state index is 8.64. The van der Waals surface area contributed by atoms with Gasteiger partial charge in [0.1, 0.15) is 11.9 Å². The fourth-order valence-corrected chi connectivity index (χ4v) is 1.06. The first-order chi connectivity index (χ1) is 6.76. The molecule has 1 aromatic heterocycles. The van der Waals surface area contributed by atoms with Crippen LogP contribution in [0.1, 0.15) is 18.9 Å². The standard InChI is InChI=1S/C10H12N4/c1-3-4-8(2)13-10-5-9(6-11)7-12-14-10/h3,5,7-8H,1,4H2,2H3,(H,13,14). The molecule has 1 heterocycles. The number of anilines is 1. The molecule has 0 aliphatic heterocycles. The summed E-state index contributed by atoms with van der Waals surface area (Å²) < 4.78 is 0. The zero-order valence-corrected chi connectivity index (χ0v) is 8.07. The third-order valence-electron chi connectivity index (χ3n) is 1.70. The molecule has 1 atom stereocenters. The molecule has 1 aromatic rings. The molecule has 0 saturated heterocycles. The molecule has 72 valence electrons. The van der Waals surface area contributed by atoms with E-state index in [-0.39, 0.29) is 6.04 Å². The molecule has 14 heavy (non-hydrogen) atoms. The molecule has 1 N–H and O–H groups in total. The van der Waals surface area contributed by atoms with Gasteiger partial charge in [0.05, 0.1) is 11.8 Å². The molecule has 0 aromatic carbocycles. The summed E-state index contributed by atoms with van der Waals surface area (Å²) in [5.41, 5.74) is 0.508. The summed E-state index contributed by atoms with van der Waals surface area (Å²) in [6, 6.07) is 3.93. The Morgan fingerprint density at radius 3 is 3.21 bits per heavy atom. The van der Waals surface area contributed by atoms with Crippen molar-refractivity contribution in [3.63, 3.8) is 0 Å². The van der Waals surface area contributed by atoms with Gasteiger partial charge >= 0.3 is 0 Å². The minimum Gasteiger partial charge on any atom is -0.366 e. The minimum atomic E-state index is 0.246. The van der Waals surface area contributed by atoms with Crippen LogP contribution in [0.2, 0.25) is 0 Å². The smallest absolute Gasteiger partial charge is 0.150 e. The van der Waals surface area contributed by atoms with E-state index in [2.05, 4.69) is 22.1 Å². The van der Waals surface area contributed by atoms with E-state index in [4.69, 9.17) is 5.26 Å². The summed E-state index contributed by atoms with van der Waals surface area (Å²) >= 11 is 0. The van der Waals surface area contributed by atoms with Gasteiger partial charge in [-0.1, -0.05) is 6.08 Å². The number of aromatic nitrogens is 2. The number of nitrogens with zero attached hydrogens (tertiary/aromatic N) is 3. The fraction of sp³-hybridized carbons (Fsp3) is 0.300. The van der Waals surface area contributed by atoms with Gasteiger partial charge in [-0.25, -0.2) is 0 Å². The van der Waals surface area contributed by atoms with Crippen LogP contribution in [0.15, 0.2) is 24.9 Å². The second-order valence-electron chi connectivity index (χ2n) is 3.01. The van der Waals surface area contributed by atoms with Crippen LogP contribution in [-0.4, -0.2) is 16.2 Å². The van der Waals surface area contributed by atoms with Crippen LogP contribution in [0.3, 0.4) is 0 Å². The molecule has 4 heteroatoms. The highest BCUT2D eigenvalue weighted by molar-refractivity contribution is 5.41. The Morgan fingerprint density at radius 1 is 1.79 bits per heavy atom. The van der Waals surface area contributed by atoms with Crippen LogP contribution in [0.5, 0.6) is 0 Å². The van der Waals surface area contributed by atoms with E-state index in [1.54, 1.807) is 6.07 Å². The molecule has 0 amide bonds. The van der Waals surface area contributed by atoms with Crippen molar-refractivity contribution < 1.29 is 0 Å². The molecule has 0 aliphatic rings. The normalized spacial score (nSPS) is 11.4. The first-order valence-electron chi connectivity index (χ1n) is 4.36. The Morgan fingerprint density at radius 2 is 2.57 bits per heavy atom. The molecule has 0 aliphatic carbocycles. The SMILES string of the molecule is C=CCC(C)Nc1cc(C#N)cnn1. The number of nitriles is 1. The predicted molar refractivity (Wildman–Crippen MR) is 54.6 cm³/mol. The van der Waals surface area contributed by atoms with E-state index < -0.39 is 0 Å². The molecule has 0 fully saturated rings. The summed E-state index contributed by atoms with van der Waals surface area (Å²) in [6.45, 7) is 5.66. The van der Waals surface area contributed by atoms with Gasteiger partial charge in [-0.05, 0) is 13.3 Å². The van der Waals surface area contributed by atoms with Crippen LogP contribution >= 0.6 is 0 Å². The summed E-state index contributed by atoms with van der Waals surface area (Å²) in [4.78, 5) is 0. The second-order valence-corrected chi connectivity index (χ2v) is 3.01. The molecule has 1 rings (SSSR count). The van der Waals surface area contributed by atoms with Crippen molar-refractivity contribution in [2.45, 2.75) is 19.4 Å². The Kier molecular flexibility index (Phi) is 3.62. The van der Waals surface area contributed by atoms with E-state index in [1.807, 2.05) is 19.1 Å². The Hall–Kier alpha value is -1.89. The van der Waals surface area contributed by atoms with Crippen LogP contribution in [0, 0.1) is 11.3 Å². The van der Waals surface area contributed by atoms with Crippen molar-refractivity contribution in [1.29, 1.82) is 5.26 Å². The fourth-order valence-electron chi connectivity index (χ4n) is 1.06. The Balaban J connectivity index is 2.67. The van der Waals surface area contributed by atoms with Gasteiger partial charge in [0.2, 0.25) is 0 Å². The van der Waals surface area contributed by atoms with Gasteiger partial charge in [-0.3, -0.25) is 0 Å². The highest BCUT2D eigenvalue weighted by Gasteiger charge is 2.01. The number of hydrogen-bond donors (Lipinski definition) is 1. The van der Waals surface area contributed by atoms with Gasteiger partial charge in [0.25, 0.3) is 0 Å². The van der Waals surface area contributed by atoms with E-state index in [0.29, 0.717) is 11.4 Å². The number of hydrogen-bond acceptors (Lipinski definition) is 4. The zero-order chi connectivity index (χ0) is 10.4. The zero-order valence-electron chi connectivity index (χ0n) is 8.07. The maximum atomic E-state index is 8.64. The third kappa shape index (κ3) is 2.87. The van der Waals surface area contributed by atoms with Gasteiger partial charge in [0.15, 0.2) is 0 Å². The van der Waals surface area contributed by atoms with Gasteiger partial charge in [-0.15, -0.1) is 11.7 Å². The lowest BCUT2D eigenvalue weighted by Gasteiger charge is -2.11. The maximum Gasteiger partial charge on any atom is 0.150 e. The van der Waals surface area contributed by atoms with Crippen molar-refractivity contribution in [1.82, 2.24) is 10.2 Å². The lowest BCUT2D eigenvalue weighted by Crippen LogP contribution is -2.15. The van der Waals surface area contributed by atoms with Crippen molar-refractivity contribution >= 4 is 5.82 Å². The highest BCUT2D eigenvalue weighted by Crippen LogP contribution is 2.06. The van der Waals surface area contributed by atoms with Gasteiger partial charge in [0, 0.05) is 12.1 Å². The highest BCUT2D eigenvalue weighted by atomic mass is 15.2. The lowest BCUT2D eigenvalue weighted by atomic mass is 10.2. The number of nitrogens with one attached hydrogen (secondary N) is 1. The molecule has 0 bridgehead atoms. The van der Waals surface area contributed by atoms with Crippen LogP contribution in [0.4, 0.5) is 5.82 Å². The van der Waals surface area contributed by atoms with E-state index in [1.165, 1.54) is 6.20 Å². The monoisotopic (exact) mass is 188 g/mol. The van der Waals surface area contributed by atoms with Gasteiger partial charge in [-0.2, -0.15) is 10.4 Å². The van der Waals surface area contributed by atoms with Crippen LogP contribution in [-0.2, 0) is 0 Å². The molecular weight excluding hydrogens is 176 g/mol. The summed E-state index contributed by atoms with van der Waals surface area (Å²) in [7, 11) is 0. The summed E-state index contributed by atoms with van der Waals surface area (Å²) in [6.07, 6.45) is 4.11. The molecule has 0 radical (unpaired) electrons. The average Bonchev–Trinajstić information content (AvgIpc) is 2.18. The molecule has 1 unspecified atom stereocenters. The van der Waals surface area contributed by atoms with Crippen molar-refractivity contribution in [3.05, 3.63) is 30.5 Å². The first-order valence-corrected chi connectivity index (χ1v) is 4.36. The van der Waals surface area contributed by atoms with E-state index >= 15 is 0 Å². The molecular formula is C10H12N4. The topological polar surface area (TPSA) is 61.6 Å². The largest absolute Gasteiger partial charge is 0.366 e. The average molecular weight is 188 g/mol. The third-order valence-corrected chi connectivity index (χ3v) is 1.70. The van der Waals surface area contributed by atoms with Crippen molar-refractivity contribution in [2.75, 3.05) is 5.32 Å². The van der Waals surface area contributed by atoms with Crippen LogP contribution < -0.4 is 5.32 Å². The van der Waals surface area contributed by atoms with Crippen molar-refractivity contribution in [2.24, 2.45) is 0 Å². The summed E-state index contributed by atoms with van der Waals surface area (Å²) in [5.74, 6) is 0.624. The van der Waals surface area contributed by atoms with E-state index in [9.17, 15) is 0 Å². The molecule has 0 spiro atoms. The lowest BCUT2D eigenvalue weighted by molar-refractivity contribution is 0.800. The second kappa shape index (κ2) is 4.97.